The zero-order valence-corrected chi connectivity index (χ0v) is 17.4. The Morgan fingerprint density at radius 1 is 1.26 bits per heavy atom. The van der Waals surface area contributed by atoms with Gasteiger partial charge in [-0.3, -0.25) is 10.1 Å². The number of hydrogen-bond acceptors (Lipinski definition) is 9. The normalized spacial score (nSPS) is 25.1. The van der Waals surface area contributed by atoms with Crippen LogP contribution in [0.3, 0.4) is 0 Å². The van der Waals surface area contributed by atoms with Crippen LogP contribution in [0.5, 0.6) is 5.75 Å². The molecule has 11 nitrogen and oxygen atoms in total. The number of nitrogens with two attached hydrogens (primary N) is 1. The number of benzene rings is 1. The zero-order valence-electron chi connectivity index (χ0n) is 17.4. The number of carbonyl (C=O) groups is 2. The van der Waals surface area contributed by atoms with Crippen LogP contribution in [0, 0.1) is 0 Å². The summed E-state index contributed by atoms with van der Waals surface area (Å²) in [7, 11) is 1.39. The van der Waals surface area contributed by atoms with E-state index in [1.165, 1.54) is 26.2 Å². The average molecular weight is 436 g/mol. The summed E-state index contributed by atoms with van der Waals surface area (Å²) in [5, 5.41) is 13.8. The van der Waals surface area contributed by atoms with E-state index < -0.39 is 41.9 Å². The van der Waals surface area contributed by atoms with Crippen molar-refractivity contribution in [2.75, 3.05) is 12.4 Å². The van der Waals surface area contributed by atoms with Gasteiger partial charge in [0, 0.05) is 20.1 Å². The molecular weight excluding hydrogens is 412 g/mol. The lowest BCUT2D eigenvalue weighted by molar-refractivity contribution is -0.304. The molecule has 0 aliphatic carbocycles. The van der Waals surface area contributed by atoms with Gasteiger partial charge in [0.25, 0.3) is 0 Å². The monoisotopic (exact) mass is 436 g/mol. The lowest BCUT2D eigenvalue weighted by atomic mass is 9.89. The molecule has 2 amide bonds. The van der Waals surface area contributed by atoms with E-state index >= 15 is 0 Å². The quantitative estimate of drug-likeness (QED) is 0.624. The Kier molecular flexibility index (Phi) is 6.20. The SMILES string of the molecule is CO[C@@H]1[C@H](OC(N)=O)[C@H](O)C(Oc2ccc3cc(NC(C)=O)oc(=O)c3c2)OC1(C)C. The van der Waals surface area contributed by atoms with E-state index in [2.05, 4.69) is 5.32 Å². The summed E-state index contributed by atoms with van der Waals surface area (Å²) >= 11 is 0. The molecule has 31 heavy (non-hydrogen) atoms. The van der Waals surface area contributed by atoms with Gasteiger partial charge in [0.15, 0.2) is 12.2 Å². The van der Waals surface area contributed by atoms with Crippen LogP contribution in [-0.4, -0.2) is 54.4 Å². The number of anilines is 1. The molecule has 1 aromatic carbocycles. The molecule has 0 saturated carbocycles. The van der Waals surface area contributed by atoms with Crippen molar-refractivity contribution < 1.29 is 38.1 Å². The highest BCUT2D eigenvalue weighted by atomic mass is 16.7. The van der Waals surface area contributed by atoms with E-state index in [4.69, 9.17) is 29.1 Å². The third-order valence-corrected chi connectivity index (χ3v) is 4.81. The highest BCUT2D eigenvalue weighted by molar-refractivity contribution is 5.90. The van der Waals surface area contributed by atoms with Crippen molar-refractivity contribution in [1.29, 1.82) is 0 Å². The van der Waals surface area contributed by atoms with E-state index in [-0.39, 0.29) is 22.9 Å². The number of hydrogen-bond donors (Lipinski definition) is 3. The molecule has 0 spiro atoms. The van der Waals surface area contributed by atoms with E-state index in [0.29, 0.717) is 5.39 Å². The van der Waals surface area contributed by atoms with Crippen LogP contribution in [0.25, 0.3) is 10.8 Å². The van der Waals surface area contributed by atoms with Gasteiger partial charge in [0.2, 0.25) is 18.1 Å². The Labute approximate surface area is 177 Å². The van der Waals surface area contributed by atoms with Crippen LogP contribution in [-0.2, 0) is 19.0 Å². The minimum atomic E-state index is -1.43. The number of fused-ring (bicyclic) bond motifs is 1. The van der Waals surface area contributed by atoms with Gasteiger partial charge >= 0.3 is 11.7 Å². The first-order chi connectivity index (χ1) is 14.5. The third kappa shape index (κ3) is 4.79. The van der Waals surface area contributed by atoms with Gasteiger partial charge in [0.1, 0.15) is 11.9 Å². The fraction of sp³-hybridized carbons (Fsp3) is 0.450. The predicted octanol–water partition coefficient (Wildman–Crippen LogP) is 1.10. The molecular formula is C20H24N2O9. The lowest BCUT2D eigenvalue weighted by Crippen LogP contribution is -2.65. The number of aliphatic hydroxyl groups is 1. The van der Waals surface area contributed by atoms with Crippen molar-refractivity contribution in [2.24, 2.45) is 5.73 Å². The number of primary amides is 1. The number of methoxy groups -OCH3 is 1. The van der Waals surface area contributed by atoms with Crippen molar-refractivity contribution in [1.82, 2.24) is 0 Å². The molecule has 4 N–H and O–H groups in total. The molecule has 3 rings (SSSR count). The predicted molar refractivity (Wildman–Crippen MR) is 108 cm³/mol. The maximum atomic E-state index is 12.3. The average Bonchev–Trinajstić information content (AvgIpc) is 2.65. The molecule has 168 valence electrons. The molecule has 1 aromatic heterocycles. The minimum absolute atomic E-state index is 0.0171. The first-order valence-corrected chi connectivity index (χ1v) is 9.38. The number of ether oxygens (including phenoxy) is 4. The smallest absolute Gasteiger partial charge is 0.404 e. The Balaban J connectivity index is 1.89. The molecule has 2 heterocycles. The van der Waals surface area contributed by atoms with Gasteiger partial charge in [0.05, 0.1) is 11.0 Å². The summed E-state index contributed by atoms with van der Waals surface area (Å²) in [6.07, 6.45) is -5.73. The van der Waals surface area contributed by atoms with Crippen molar-refractivity contribution in [3.8, 4) is 5.75 Å². The van der Waals surface area contributed by atoms with Gasteiger partial charge in [-0.1, -0.05) is 6.07 Å². The van der Waals surface area contributed by atoms with Gasteiger partial charge in [-0.2, -0.15) is 0 Å². The van der Waals surface area contributed by atoms with Crippen molar-refractivity contribution in [2.45, 2.75) is 51.0 Å². The number of carbonyl (C=O) groups excluding carboxylic acids is 2. The van der Waals surface area contributed by atoms with Gasteiger partial charge in [-0.25, -0.2) is 9.59 Å². The maximum absolute atomic E-state index is 12.3. The zero-order chi connectivity index (χ0) is 22.9. The van der Waals surface area contributed by atoms with Gasteiger partial charge < -0.3 is 34.2 Å². The molecule has 4 atom stereocenters. The van der Waals surface area contributed by atoms with Crippen LogP contribution in [0.2, 0.25) is 0 Å². The first kappa shape index (κ1) is 22.5. The molecule has 1 aliphatic rings. The van der Waals surface area contributed by atoms with Crippen LogP contribution < -0.4 is 21.4 Å². The topological polar surface area (TPSA) is 160 Å². The third-order valence-electron chi connectivity index (χ3n) is 4.81. The highest BCUT2D eigenvalue weighted by Crippen LogP contribution is 2.34. The molecule has 0 bridgehead atoms. The largest absolute Gasteiger partial charge is 0.462 e. The Morgan fingerprint density at radius 3 is 2.58 bits per heavy atom. The van der Waals surface area contributed by atoms with E-state index in [0.717, 1.165) is 0 Å². The van der Waals surface area contributed by atoms with Crippen molar-refractivity contribution in [3.63, 3.8) is 0 Å². The summed E-state index contributed by atoms with van der Waals surface area (Å²) in [6.45, 7) is 4.65. The van der Waals surface area contributed by atoms with Gasteiger partial charge in [-0.05, 0) is 31.4 Å². The fourth-order valence-electron chi connectivity index (χ4n) is 3.55. The summed E-state index contributed by atoms with van der Waals surface area (Å²) in [4.78, 5) is 34.8. The van der Waals surface area contributed by atoms with E-state index in [9.17, 15) is 19.5 Å². The Hall–Kier alpha value is -3.15. The second-order valence-corrected chi connectivity index (χ2v) is 7.58. The molecule has 2 aromatic rings. The molecule has 1 unspecified atom stereocenters. The number of amides is 2. The van der Waals surface area contributed by atoms with Crippen LogP contribution >= 0.6 is 0 Å². The maximum Gasteiger partial charge on any atom is 0.404 e. The molecule has 1 saturated heterocycles. The lowest BCUT2D eigenvalue weighted by Gasteiger charge is -2.47. The number of nitrogens with one attached hydrogen (secondary N) is 1. The second-order valence-electron chi connectivity index (χ2n) is 7.58. The first-order valence-electron chi connectivity index (χ1n) is 9.38. The standard InChI is InChI=1S/C20H24N2O9/c1-9(23)22-13-7-10-5-6-11(8-12(10)17(25)29-13)28-18-14(24)15(30-19(21)26)16(27-4)20(2,3)31-18/h5-8,14-16,18,24H,1-4H3,(H2,21,26)(H,22,23)/t14-,15+,16+,18?/m0/s1. The summed E-state index contributed by atoms with van der Waals surface area (Å²) in [6, 6.07) is 6.04. The van der Waals surface area contributed by atoms with E-state index in [1.54, 1.807) is 26.0 Å². The van der Waals surface area contributed by atoms with Crippen molar-refractivity contribution in [3.05, 3.63) is 34.7 Å². The summed E-state index contributed by atoms with van der Waals surface area (Å²) < 4.78 is 27.1. The van der Waals surface area contributed by atoms with Gasteiger partial charge in [-0.15, -0.1) is 0 Å². The molecule has 1 fully saturated rings. The van der Waals surface area contributed by atoms with Crippen LogP contribution in [0.15, 0.2) is 33.5 Å². The highest BCUT2D eigenvalue weighted by Gasteiger charge is 2.53. The number of aliphatic hydroxyl groups excluding tert-OH is 1. The Morgan fingerprint density at radius 2 is 1.97 bits per heavy atom. The second kappa shape index (κ2) is 8.53. The minimum Gasteiger partial charge on any atom is -0.462 e. The Bertz CT molecular complexity index is 1050. The summed E-state index contributed by atoms with van der Waals surface area (Å²) in [5.74, 6) is -0.167. The van der Waals surface area contributed by atoms with Crippen LogP contribution in [0.4, 0.5) is 10.7 Å². The fourth-order valence-corrected chi connectivity index (χ4v) is 3.55. The number of rotatable bonds is 5. The van der Waals surface area contributed by atoms with Crippen LogP contribution in [0.1, 0.15) is 20.8 Å². The van der Waals surface area contributed by atoms with E-state index in [1.807, 2.05) is 0 Å². The summed E-state index contributed by atoms with van der Waals surface area (Å²) in [5.41, 5.74) is 3.43. The molecule has 1 aliphatic heterocycles. The van der Waals surface area contributed by atoms with Crippen molar-refractivity contribution >= 4 is 28.7 Å². The molecule has 11 heteroatoms. The molecule has 0 radical (unpaired) electrons.